The lowest BCUT2D eigenvalue weighted by Crippen LogP contribution is -2.26. The summed E-state index contributed by atoms with van der Waals surface area (Å²) in [5.74, 6) is 0.638. The number of aryl methyl sites for hydroxylation is 1. The van der Waals surface area contributed by atoms with E-state index in [2.05, 4.69) is 5.32 Å². The van der Waals surface area contributed by atoms with Crippen LogP contribution < -0.4 is 14.8 Å². The molecule has 1 aromatic carbocycles. The molecule has 0 saturated heterocycles. The monoisotopic (exact) mass is 318 g/mol. The van der Waals surface area contributed by atoms with Gasteiger partial charge in [-0.15, -0.1) is 0 Å². The average Bonchev–Trinajstić information content (AvgIpc) is 2.99. The SMILES string of the molecule is COc1cccc(C(=O)NCCC(O)c2cccn2C)c1OC. The molecule has 6 nitrogen and oxygen atoms in total. The van der Waals surface area contributed by atoms with E-state index in [1.807, 2.05) is 29.9 Å². The summed E-state index contributed by atoms with van der Waals surface area (Å²) in [6.07, 6.45) is 1.68. The number of amides is 1. The van der Waals surface area contributed by atoms with Crippen LogP contribution in [0.2, 0.25) is 0 Å². The van der Waals surface area contributed by atoms with Crippen LogP contribution >= 0.6 is 0 Å². The number of benzene rings is 1. The van der Waals surface area contributed by atoms with Crippen molar-refractivity contribution in [1.82, 2.24) is 9.88 Å². The fourth-order valence-electron chi connectivity index (χ4n) is 2.45. The number of methoxy groups -OCH3 is 2. The Bertz CT molecular complexity index is 666. The number of aliphatic hydroxyl groups is 1. The quantitative estimate of drug-likeness (QED) is 0.818. The molecule has 2 N–H and O–H groups in total. The molecule has 0 aliphatic heterocycles. The van der Waals surface area contributed by atoms with Crippen molar-refractivity contribution in [3.05, 3.63) is 47.8 Å². The van der Waals surface area contributed by atoms with Crippen molar-refractivity contribution in [2.75, 3.05) is 20.8 Å². The first-order valence-corrected chi connectivity index (χ1v) is 7.37. The number of hydrogen-bond donors (Lipinski definition) is 2. The highest BCUT2D eigenvalue weighted by molar-refractivity contribution is 5.97. The van der Waals surface area contributed by atoms with Crippen LogP contribution in [0.5, 0.6) is 11.5 Å². The molecule has 6 heteroatoms. The maximum absolute atomic E-state index is 12.3. The largest absolute Gasteiger partial charge is 0.493 e. The molecule has 0 bridgehead atoms. The fraction of sp³-hybridized carbons (Fsp3) is 0.353. The second-order valence-electron chi connectivity index (χ2n) is 5.15. The van der Waals surface area contributed by atoms with Crippen molar-refractivity contribution in [2.24, 2.45) is 7.05 Å². The summed E-state index contributed by atoms with van der Waals surface area (Å²) in [7, 11) is 4.89. The molecule has 0 saturated carbocycles. The molecule has 1 amide bonds. The number of carbonyl (C=O) groups is 1. The number of hydrogen-bond acceptors (Lipinski definition) is 4. The van der Waals surface area contributed by atoms with Crippen molar-refractivity contribution < 1.29 is 19.4 Å². The molecule has 0 aliphatic carbocycles. The predicted molar refractivity (Wildman–Crippen MR) is 86.9 cm³/mol. The summed E-state index contributed by atoms with van der Waals surface area (Å²) in [6.45, 7) is 0.353. The molecule has 23 heavy (non-hydrogen) atoms. The molecule has 124 valence electrons. The van der Waals surface area contributed by atoms with Gasteiger partial charge in [-0.25, -0.2) is 0 Å². The van der Waals surface area contributed by atoms with E-state index in [1.165, 1.54) is 14.2 Å². The number of ether oxygens (including phenoxy) is 2. The van der Waals surface area contributed by atoms with Gasteiger partial charge in [-0.05, 0) is 30.7 Å². The smallest absolute Gasteiger partial charge is 0.255 e. The first-order chi connectivity index (χ1) is 11.1. The average molecular weight is 318 g/mol. The highest BCUT2D eigenvalue weighted by atomic mass is 16.5. The number of para-hydroxylation sites is 1. The first-order valence-electron chi connectivity index (χ1n) is 7.37. The Kier molecular flexibility index (Phi) is 5.65. The van der Waals surface area contributed by atoms with E-state index in [9.17, 15) is 9.90 Å². The third-order valence-corrected chi connectivity index (χ3v) is 3.68. The summed E-state index contributed by atoms with van der Waals surface area (Å²) in [5, 5.41) is 12.9. The second kappa shape index (κ2) is 7.69. The standard InChI is InChI=1S/C17H22N2O4/c1-19-11-5-7-13(19)14(20)9-10-18-17(21)12-6-4-8-15(22-2)16(12)23-3/h4-8,11,14,20H,9-10H2,1-3H3,(H,18,21). The molecule has 1 unspecified atom stereocenters. The van der Waals surface area contributed by atoms with Crippen LogP contribution in [0, 0.1) is 0 Å². The Hall–Kier alpha value is -2.47. The van der Waals surface area contributed by atoms with Gasteiger partial charge in [0.2, 0.25) is 0 Å². The summed E-state index contributed by atoms with van der Waals surface area (Å²) in [4.78, 5) is 12.3. The lowest BCUT2D eigenvalue weighted by atomic mass is 10.1. The van der Waals surface area contributed by atoms with E-state index in [1.54, 1.807) is 18.2 Å². The van der Waals surface area contributed by atoms with Crippen LogP contribution in [-0.4, -0.2) is 36.3 Å². The van der Waals surface area contributed by atoms with E-state index < -0.39 is 6.10 Å². The maximum atomic E-state index is 12.3. The minimum absolute atomic E-state index is 0.264. The summed E-state index contributed by atoms with van der Waals surface area (Å²) >= 11 is 0. The van der Waals surface area contributed by atoms with E-state index in [4.69, 9.17) is 9.47 Å². The third kappa shape index (κ3) is 3.84. The normalized spacial score (nSPS) is 11.8. The molecule has 1 heterocycles. The molecule has 1 aromatic heterocycles. The molecule has 0 fully saturated rings. The van der Waals surface area contributed by atoms with Gasteiger partial charge in [0.1, 0.15) is 0 Å². The number of aromatic nitrogens is 1. The van der Waals surface area contributed by atoms with Crippen LogP contribution in [0.4, 0.5) is 0 Å². The number of nitrogens with one attached hydrogen (secondary N) is 1. The van der Waals surface area contributed by atoms with Gasteiger partial charge in [-0.3, -0.25) is 4.79 Å². The van der Waals surface area contributed by atoms with E-state index in [0.29, 0.717) is 30.0 Å². The first kappa shape index (κ1) is 16.9. The summed E-state index contributed by atoms with van der Waals surface area (Å²) in [6, 6.07) is 8.87. The number of nitrogens with zero attached hydrogens (tertiary/aromatic N) is 1. The van der Waals surface area contributed by atoms with Crippen molar-refractivity contribution in [3.8, 4) is 11.5 Å². The summed E-state index contributed by atoms with van der Waals surface area (Å²) in [5.41, 5.74) is 1.22. The van der Waals surface area contributed by atoms with Crippen molar-refractivity contribution in [2.45, 2.75) is 12.5 Å². The zero-order valence-electron chi connectivity index (χ0n) is 13.6. The predicted octanol–water partition coefficient (Wildman–Crippen LogP) is 1.90. The Balaban J connectivity index is 1.97. The van der Waals surface area contributed by atoms with Crippen LogP contribution in [0.1, 0.15) is 28.6 Å². The van der Waals surface area contributed by atoms with E-state index >= 15 is 0 Å². The zero-order chi connectivity index (χ0) is 16.8. The van der Waals surface area contributed by atoms with E-state index in [-0.39, 0.29) is 5.91 Å². The Morgan fingerprint density at radius 1 is 1.26 bits per heavy atom. The van der Waals surface area contributed by atoms with Gasteiger partial charge in [-0.1, -0.05) is 6.07 Å². The maximum Gasteiger partial charge on any atom is 0.255 e. The lowest BCUT2D eigenvalue weighted by molar-refractivity contribution is 0.0937. The van der Waals surface area contributed by atoms with Crippen LogP contribution in [0.25, 0.3) is 0 Å². The molecule has 0 aliphatic rings. The van der Waals surface area contributed by atoms with Gasteiger partial charge in [0.15, 0.2) is 11.5 Å². The number of carbonyl (C=O) groups excluding carboxylic acids is 1. The minimum atomic E-state index is -0.623. The van der Waals surface area contributed by atoms with Crippen LogP contribution in [0.3, 0.4) is 0 Å². The van der Waals surface area contributed by atoms with Gasteiger partial charge in [0.25, 0.3) is 5.91 Å². The molecule has 0 spiro atoms. The second-order valence-corrected chi connectivity index (χ2v) is 5.15. The number of aliphatic hydroxyl groups excluding tert-OH is 1. The van der Waals surface area contributed by atoms with Crippen LogP contribution in [-0.2, 0) is 7.05 Å². The van der Waals surface area contributed by atoms with Crippen molar-refractivity contribution >= 4 is 5.91 Å². The topological polar surface area (TPSA) is 72.7 Å². The molecule has 0 radical (unpaired) electrons. The number of rotatable bonds is 7. The van der Waals surface area contributed by atoms with Gasteiger partial charge in [0, 0.05) is 25.5 Å². The highest BCUT2D eigenvalue weighted by Gasteiger charge is 2.17. The van der Waals surface area contributed by atoms with Crippen molar-refractivity contribution in [1.29, 1.82) is 0 Å². The van der Waals surface area contributed by atoms with Gasteiger partial charge >= 0.3 is 0 Å². The minimum Gasteiger partial charge on any atom is -0.493 e. The molecule has 1 atom stereocenters. The molecular formula is C17H22N2O4. The van der Waals surface area contributed by atoms with Gasteiger partial charge in [-0.2, -0.15) is 0 Å². The zero-order valence-corrected chi connectivity index (χ0v) is 13.6. The third-order valence-electron chi connectivity index (χ3n) is 3.68. The van der Waals surface area contributed by atoms with Crippen molar-refractivity contribution in [3.63, 3.8) is 0 Å². The lowest BCUT2D eigenvalue weighted by Gasteiger charge is -2.14. The molecule has 2 rings (SSSR count). The van der Waals surface area contributed by atoms with Gasteiger partial charge < -0.3 is 24.5 Å². The molecular weight excluding hydrogens is 296 g/mol. The molecule has 2 aromatic rings. The van der Waals surface area contributed by atoms with Crippen LogP contribution in [0.15, 0.2) is 36.5 Å². The van der Waals surface area contributed by atoms with Gasteiger partial charge in [0.05, 0.1) is 25.9 Å². The fourth-order valence-corrected chi connectivity index (χ4v) is 2.45. The highest BCUT2D eigenvalue weighted by Crippen LogP contribution is 2.30. The Morgan fingerprint density at radius 2 is 2.04 bits per heavy atom. The van der Waals surface area contributed by atoms with E-state index in [0.717, 1.165) is 5.69 Å². The Morgan fingerprint density at radius 3 is 2.65 bits per heavy atom. The summed E-state index contributed by atoms with van der Waals surface area (Å²) < 4.78 is 12.3. The Labute approximate surface area is 135 Å².